The van der Waals surface area contributed by atoms with Crippen LogP contribution in [0, 0.1) is 0 Å². The van der Waals surface area contributed by atoms with Crippen molar-refractivity contribution in [2.45, 2.75) is 32.7 Å². The Kier molecular flexibility index (Phi) is 4.39. The average molecular weight is 308 g/mol. The number of nitrogens with zero attached hydrogens (tertiary/aromatic N) is 1. The molecule has 3 heteroatoms. The van der Waals surface area contributed by atoms with E-state index in [1.54, 1.807) is 7.11 Å². The molecule has 0 spiro atoms. The van der Waals surface area contributed by atoms with E-state index in [0.29, 0.717) is 12.0 Å². The second-order valence-electron chi connectivity index (χ2n) is 6.29. The molecular weight excluding hydrogens is 284 g/mol. The number of rotatable bonds is 4. The molecule has 3 rings (SSSR count). The Bertz CT molecular complexity index is 704. The van der Waals surface area contributed by atoms with E-state index in [9.17, 15) is 0 Å². The summed E-state index contributed by atoms with van der Waals surface area (Å²) in [6.45, 7) is 6.61. The molecule has 0 aliphatic carbocycles. The first kappa shape index (κ1) is 15.6. The molecule has 0 saturated heterocycles. The largest absolute Gasteiger partial charge is 0.497 e. The molecule has 120 valence electrons. The van der Waals surface area contributed by atoms with Crippen LogP contribution < -0.4 is 15.2 Å². The lowest BCUT2D eigenvalue weighted by molar-refractivity contribution is 0.415. The van der Waals surface area contributed by atoms with Crippen molar-refractivity contribution in [3.63, 3.8) is 0 Å². The van der Waals surface area contributed by atoms with Gasteiger partial charge in [-0.05, 0) is 53.8 Å². The molecule has 2 aromatic carbocycles. The van der Waals surface area contributed by atoms with Gasteiger partial charge in [0.05, 0.1) is 12.8 Å². The summed E-state index contributed by atoms with van der Waals surface area (Å²) in [5.74, 6) is 1.35. The van der Waals surface area contributed by atoms with E-state index in [1.807, 2.05) is 12.1 Å². The third-order valence-corrected chi connectivity index (χ3v) is 4.20. The highest BCUT2D eigenvalue weighted by Gasteiger charge is 2.18. The monoisotopic (exact) mass is 308 g/mol. The van der Waals surface area contributed by atoms with Gasteiger partial charge in [0.25, 0.3) is 0 Å². The number of nitrogens with one attached hydrogen (secondary N) is 1. The molecule has 1 atom stereocenters. The lowest BCUT2D eigenvalue weighted by Gasteiger charge is -2.24. The number of hydrogen-bond donors (Lipinski definition) is 1. The number of methoxy groups -OCH3 is 1. The number of benzene rings is 2. The number of anilines is 1. The molecule has 0 amide bonds. The van der Waals surface area contributed by atoms with Crippen LogP contribution in [0.5, 0.6) is 5.75 Å². The lowest BCUT2D eigenvalue weighted by Crippen LogP contribution is -2.34. The normalized spacial score (nSPS) is 17.1. The van der Waals surface area contributed by atoms with Gasteiger partial charge in [0.1, 0.15) is 5.75 Å². The van der Waals surface area contributed by atoms with Gasteiger partial charge in [0, 0.05) is 12.2 Å². The van der Waals surface area contributed by atoms with Crippen molar-refractivity contribution in [1.29, 1.82) is 0 Å². The quantitative estimate of drug-likeness (QED) is 0.885. The minimum Gasteiger partial charge on any atom is -0.497 e. The zero-order valence-corrected chi connectivity index (χ0v) is 14.2. The van der Waals surface area contributed by atoms with Crippen LogP contribution in [0.15, 0.2) is 54.7 Å². The fraction of sp³-hybridized carbons (Fsp3) is 0.300. The van der Waals surface area contributed by atoms with Crippen molar-refractivity contribution in [2.75, 3.05) is 12.1 Å². The Labute approximate surface area is 138 Å². The molecular formula is C20H24N2O. The van der Waals surface area contributed by atoms with Crippen LogP contribution in [0.2, 0.25) is 0 Å². The molecule has 1 aliphatic rings. The highest BCUT2D eigenvalue weighted by molar-refractivity contribution is 5.72. The van der Waals surface area contributed by atoms with E-state index in [0.717, 1.165) is 5.75 Å². The van der Waals surface area contributed by atoms with Gasteiger partial charge in [0.15, 0.2) is 0 Å². The summed E-state index contributed by atoms with van der Waals surface area (Å²) in [5, 5.41) is 2.13. The van der Waals surface area contributed by atoms with Gasteiger partial charge in [-0.1, -0.05) is 38.1 Å². The number of hydrogen-bond acceptors (Lipinski definition) is 3. The van der Waals surface area contributed by atoms with Crippen molar-refractivity contribution in [3.8, 4) is 16.9 Å². The van der Waals surface area contributed by atoms with Gasteiger partial charge < -0.3 is 4.74 Å². The molecule has 0 fully saturated rings. The van der Waals surface area contributed by atoms with E-state index >= 15 is 0 Å². The highest BCUT2D eigenvalue weighted by atomic mass is 16.5. The average Bonchev–Trinajstić information content (AvgIpc) is 3.00. The first-order chi connectivity index (χ1) is 11.1. The van der Waals surface area contributed by atoms with Crippen LogP contribution in [0.4, 0.5) is 5.69 Å². The Hall–Kier alpha value is -2.26. The van der Waals surface area contributed by atoms with E-state index in [-0.39, 0.29) is 0 Å². The second kappa shape index (κ2) is 6.47. The van der Waals surface area contributed by atoms with Crippen LogP contribution in [-0.2, 0) is 0 Å². The van der Waals surface area contributed by atoms with Gasteiger partial charge in [-0.15, -0.1) is 0 Å². The molecule has 1 aliphatic heterocycles. The molecule has 1 heterocycles. The summed E-state index contributed by atoms with van der Waals surface area (Å²) in [5.41, 5.74) is 8.43. The van der Waals surface area contributed by atoms with Gasteiger partial charge in [-0.2, -0.15) is 0 Å². The third-order valence-electron chi connectivity index (χ3n) is 4.20. The van der Waals surface area contributed by atoms with E-state index in [2.05, 4.69) is 73.8 Å². The maximum atomic E-state index is 5.25. The maximum absolute atomic E-state index is 5.25. The summed E-state index contributed by atoms with van der Waals surface area (Å²) >= 11 is 0. The van der Waals surface area contributed by atoms with Crippen LogP contribution in [0.25, 0.3) is 11.1 Å². The van der Waals surface area contributed by atoms with Crippen molar-refractivity contribution in [1.82, 2.24) is 5.43 Å². The summed E-state index contributed by atoms with van der Waals surface area (Å²) < 4.78 is 5.25. The molecule has 3 nitrogen and oxygen atoms in total. The van der Waals surface area contributed by atoms with Crippen LogP contribution in [0.1, 0.15) is 32.3 Å². The Morgan fingerprint density at radius 2 is 1.74 bits per heavy atom. The molecule has 23 heavy (non-hydrogen) atoms. The van der Waals surface area contributed by atoms with Gasteiger partial charge in [0.2, 0.25) is 0 Å². The SMILES string of the molecule is COc1ccc(-c2ccc(C(C)C)c(N3C=CC(C)N3)c2)cc1. The number of ether oxygens (including phenoxy) is 1. The predicted octanol–water partition coefficient (Wildman–Crippen LogP) is 4.71. The zero-order chi connectivity index (χ0) is 16.4. The fourth-order valence-electron chi connectivity index (χ4n) is 2.87. The molecule has 2 aromatic rings. The lowest BCUT2D eigenvalue weighted by atomic mass is 9.96. The first-order valence-corrected chi connectivity index (χ1v) is 8.10. The standard InChI is InChI=1S/C20H24N2O/c1-14(2)19-10-7-17(16-5-8-18(23-4)9-6-16)13-20(19)22-12-11-15(3)21-22/h5-15,21H,1-4H3. The Balaban J connectivity index is 2.00. The van der Waals surface area contributed by atoms with Crippen LogP contribution in [-0.4, -0.2) is 13.2 Å². The first-order valence-electron chi connectivity index (χ1n) is 8.10. The number of hydrazine groups is 1. The zero-order valence-electron chi connectivity index (χ0n) is 14.2. The van der Waals surface area contributed by atoms with Gasteiger partial charge >= 0.3 is 0 Å². The summed E-state index contributed by atoms with van der Waals surface area (Å²) in [4.78, 5) is 0. The van der Waals surface area contributed by atoms with Crippen LogP contribution >= 0.6 is 0 Å². The van der Waals surface area contributed by atoms with Crippen molar-refractivity contribution >= 4 is 5.69 Å². The van der Waals surface area contributed by atoms with Crippen molar-refractivity contribution < 1.29 is 4.74 Å². The van der Waals surface area contributed by atoms with Gasteiger partial charge in [-0.3, -0.25) is 5.01 Å². The second-order valence-corrected chi connectivity index (χ2v) is 6.29. The summed E-state index contributed by atoms with van der Waals surface area (Å²) in [6, 6.07) is 15.3. The smallest absolute Gasteiger partial charge is 0.118 e. The molecule has 1 N–H and O–H groups in total. The van der Waals surface area contributed by atoms with Crippen molar-refractivity contribution in [2.24, 2.45) is 0 Å². The topological polar surface area (TPSA) is 24.5 Å². The molecule has 0 radical (unpaired) electrons. The Morgan fingerprint density at radius 3 is 2.30 bits per heavy atom. The third kappa shape index (κ3) is 3.25. The fourth-order valence-corrected chi connectivity index (χ4v) is 2.87. The van der Waals surface area contributed by atoms with Crippen molar-refractivity contribution in [3.05, 3.63) is 60.3 Å². The molecule has 0 aromatic heterocycles. The maximum Gasteiger partial charge on any atom is 0.118 e. The van der Waals surface area contributed by atoms with E-state index in [1.165, 1.54) is 22.4 Å². The Morgan fingerprint density at radius 1 is 1.04 bits per heavy atom. The van der Waals surface area contributed by atoms with Gasteiger partial charge in [-0.25, -0.2) is 5.43 Å². The van der Waals surface area contributed by atoms with E-state index < -0.39 is 0 Å². The highest BCUT2D eigenvalue weighted by Crippen LogP contribution is 2.33. The molecule has 0 bridgehead atoms. The van der Waals surface area contributed by atoms with E-state index in [4.69, 9.17) is 4.74 Å². The predicted molar refractivity (Wildman–Crippen MR) is 96.7 cm³/mol. The minimum absolute atomic E-state index is 0.361. The minimum atomic E-state index is 0.361. The summed E-state index contributed by atoms with van der Waals surface area (Å²) in [7, 11) is 1.69. The molecule has 0 saturated carbocycles. The van der Waals surface area contributed by atoms with Crippen LogP contribution in [0.3, 0.4) is 0 Å². The molecule has 1 unspecified atom stereocenters. The summed E-state index contributed by atoms with van der Waals surface area (Å²) in [6.07, 6.45) is 4.29.